The smallest absolute Gasteiger partial charge is 0.409 e. The molecule has 2 saturated heterocycles. The number of fused-ring (bicyclic) bond motifs is 3. The maximum absolute atomic E-state index is 12.6. The van der Waals surface area contributed by atoms with Gasteiger partial charge in [-0.15, -0.1) is 0 Å². The minimum absolute atomic E-state index is 0.0773. The van der Waals surface area contributed by atoms with Gasteiger partial charge < -0.3 is 14.7 Å². The summed E-state index contributed by atoms with van der Waals surface area (Å²) in [7, 11) is 0. The lowest BCUT2D eigenvalue weighted by molar-refractivity contribution is -0.143. The molecule has 0 saturated carbocycles. The number of rotatable bonds is 4. The number of piperidine rings is 1. The summed E-state index contributed by atoms with van der Waals surface area (Å²) in [6.45, 7) is 3.25. The molecule has 0 unspecified atom stereocenters. The summed E-state index contributed by atoms with van der Waals surface area (Å²) in [4.78, 5) is 27.7. The Hall–Kier alpha value is -2.86. The molecule has 0 bridgehead atoms. The summed E-state index contributed by atoms with van der Waals surface area (Å²) in [5.41, 5.74) is 4.88. The maximum atomic E-state index is 12.6. The minimum atomic E-state index is -0.691. The van der Waals surface area contributed by atoms with E-state index < -0.39 is 5.97 Å². The van der Waals surface area contributed by atoms with Crippen LogP contribution < -0.4 is 0 Å². The highest BCUT2D eigenvalue weighted by Crippen LogP contribution is 2.44. The van der Waals surface area contributed by atoms with Gasteiger partial charge in [0.1, 0.15) is 6.61 Å². The topological polar surface area (TPSA) is 70.1 Å². The van der Waals surface area contributed by atoms with Gasteiger partial charge in [0, 0.05) is 25.0 Å². The molecule has 0 spiro atoms. The summed E-state index contributed by atoms with van der Waals surface area (Å²) in [5, 5.41) is 9.13. The molecular weight excluding hydrogens is 380 g/mol. The Balaban J connectivity index is 1.15. The van der Waals surface area contributed by atoms with E-state index in [1.165, 1.54) is 22.3 Å². The molecule has 5 rings (SSSR count). The number of hydrogen-bond donors (Lipinski definition) is 1. The third-order valence-corrected chi connectivity index (χ3v) is 6.85. The van der Waals surface area contributed by atoms with Crippen LogP contribution in [0.4, 0.5) is 4.79 Å². The molecule has 1 N–H and O–H groups in total. The number of hydrogen-bond acceptors (Lipinski definition) is 4. The van der Waals surface area contributed by atoms with Crippen molar-refractivity contribution in [3.05, 3.63) is 59.7 Å². The molecule has 30 heavy (non-hydrogen) atoms. The lowest BCUT2D eigenvalue weighted by Gasteiger charge is -2.46. The number of benzene rings is 2. The highest BCUT2D eigenvalue weighted by atomic mass is 16.6. The van der Waals surface area contributed by atoms with Gasteiger partial charge in [-0.1, -0.05) is 48.5 Å². The number of amides is 1. The summed E-state index contributed by atoms with van der Waals surface area (Å²) in [6.07, 6.45) is 1.13. The van der Waals surface area contributed by atoms with Gasteiger partial charge in [0.05, 0.1) is 5.92 Å². The molecular formula is C24H26N2O4. The number of carbonyl (C=O) groups excluding carboxylic acids is 1. The van der Waals surface area contributed by atoms with E-state index >= 15 is 0 Å². The fourth-order valence-corrected chi connectivity index (χ4v) is 5.03. The van der Waals surface area contributed by atoms with E-state index in [4.69, 9.17) is 9.84 Å². The van der Waals surface area contributed by atoms with E-state index in [0.717, 1.165) is 13.1 Å². The Morgan fingerprint density at radius 2 is 1.50 bits per heavy atom. The molecule has 1 amide bonds. The Bertz CT molecular complexity index is 916. The van der Waals surface area contributed by atoms with Crippen molar-refractivity contribution in [3.63, 3.8) is 0 Å². The SMILES string of the molecule is O=C(O)C1CCN(C2CN(C(=O)OCC3c4ccccc4-c4ccccc43)C2)CC1. The summed E-state index contributed by atoms with van der Waals surface area (Å²) >= 11 is 0. The van der Waals surface area contributed by atoms with Crippen LogP contribution in [0.25, 0.3) is 11.1 Å². The average Bonchev–Trinajstić information content (AvgIpc) is 3.05. The van der Waals surface area contributed by atoms with E-state index in [9.17, 15) is 9.59 Å². The van der Waals surface area contributed by atoms with Gasteiger partial charge in [0.2, 0.25) is 0 Å². The lowest BCUT2D eigenvalue weighted by atomic mass is 9.94. The Kier molecular flexibility index (Phi) is 4.95. The minimum Gasteiger partial charge on any atom is -0.481 e. The molecule has 0 aromatic heterocycles. The second kappa shape index (κ2) is 7.76. The number of ether oxygens (including phenoxy) is 1. The molecule has 0 atom stereocenters. The zero-order chi connectivity index (χ0) is 20.7. The quantitative estimate of drug-likeness (QED) is 0.843. The van der Waals surface area contributed by atoms with E-state index in [-0.39, 0.29) is 17.9 Å². The maximum Gasteiger partial charge on any atom is 0.409 e. The molecule has 6 nitrogen and oxygen atoms in total. The number of nitrogens with zero attached hydrogens (tertiary/aromatic N) is 2. The van der Waals surface area contributed by atoms with Crippen LogP contribution in [0.1, 0.15) is 29.9 Å². The van der Waals surface area contributed by atoms with Crippen LogP contribution >= 0.6 is 0 Å². The molecule has 2 heterocycles. The van der Waals surface area contributed by atoms with E-state index in [2.05, 4.69) is 29.2 Å². The highest BCUT2D eigenvalue weighted by molar-refractivity contribution is 5.79. The first-order valence-electron chi connectivity index (χ1n) is 10.7. The molecule has 2 fully saturated rings. The van der Waals surface area contributed by atoms with E-state index in [0.29, 0.717) is 38.6 Å². The number of carboxylic acid groups (broad SMARTS) is 1. The number of carboxylic acids is 1. The Morgan fingerprint density at radius 3 is 2.07 bits per heavy atom. The van der Waals surface area contributed by atoms with Crippen molar-refractivity contribution in [1.82, 2.24) is 9.80 Å². The first-order valence-corrected chi connectivity index (χ1v) is 10.7. The largest absolute Gasteiger partial charge is 0.481 e. The third kappa shape index (κ3) is 3.35. The van der Waals surface area contributed by atoms with Crippen molar-refractivity contribution in [1.29, 1.82) is 0 Å². The zero-order valence-corrected chi connectivity index (χ0v) is 16.9. The zero-order valence-electron chi connectivity index (χ0n) is 16.9. The fourth-order valence-electron chi connectivity index (χ4n) is 5.03. The van der Waals surface area contributed by atoms with Crippen molar-refractivity contribution >= 4 is 12.1 Å². The van der Waals surface area contributed by atoms with Crippen molar-refractivity contribution in [2.75, 3.05) is 32.8 Å². The van der Waals surface area contributed by atoms with E-state index in [1.807, 2.05) is 24.3 Å². The van der Waals surface area contributed by atoms with Gasteiger partial charge in [-0.25, -0.2) is 4.79 Å². The summed E-state index contributed by atoms with van der Waals surface area (Å²) in [5.74, 6) is -0.837. The molecule has 156 valence electrons. The van der Waals surface area contributed by atoms with Crippen LogP contribution in [-0.2, 0) is 9.53 Å². The Labute approximate surface area is 176 Å². The summed E-state index contributed by atoms with van der Waals surface area (Å²) in [6, 6.07) is 17.0. The second-order valence-electron chi connectivity index (χ2n) is 8.51. The first-order chi connectivity index (χ1) is 14.6. The van der Waals surface area contributed by atoms with Gasteiger partial charge in [-0.05, 0) is 48.2 Å². The molecule has 6 heteroatoms. The molecule has 2 aliphatic heterocycles. The van der Waals surface area contributed by atoms with Crippen LogP contribution in [0.15, 0.2) is 48.5 Å². The van der Waals surface area contributed by atoms with Gasteiger partial charge in [0.15, 0.2) is 0 Å². The standard InChI is InChI=1S/C24H26N2O4/c27-23(28)16-9-11-25(12-10-16)17-13-26(14-17)24(29)30-15-22-20-7-3-1-5-18(20)19-6-2-4-8-21(19)22/h1-8,16-17,22H,9-15H2,(H,27,28). The van der Waals surface area contributed by atoms with Gasteiger partial charge in [-0.2, -0.15) is 0 Å². The molecule has 0 radical (unpaired) electrons. The van der Waals surface area contributed by atoms with Crippen LogP contribution in [0, 0.1) is 5.92 Å². The molecule has 2 aromatic rings. The fraction of sp³-hybridized carbons (Fsp3) is 0.417. The monoisotopic (exact) mass is 406 g/mol. The number of likely N-dealkylation sites (tertiary alicyclic amines) is 2. The van der Waals surface area contributed by atoms with Gasteiger partial charge in [-0.3, -0.25) is 9.69 Å². The van der Waals surface area contributed by atoms with Crippen LogP contribution in [0.2, 0.25) is 0 Å². The Morgan fingerprint density at radius 1 is 0.933 bits per heavy atom. The first kappa shape index (κ1) is 19.1. The normalized spacial score (nSPS) is 19.8. The highest BCUT2D eigenvalue weighted by Gasteiger charge is 2.38. The van der Waals surface area contributed by atoms with E-state index in [1.54, 1.807) is 4.90 Å². The molecule has 3 aliphatic rings. The second-order valence-corrected chi connectivity index (χ2v) is 8.51. The third-order valence-electron chi connectivity index (χ3n) is 6.85. The average molecular weight is 406 g/mol. The lowest BCUT2D eigenvalue weighted by Crippen LogP contribution is -2.62. The van der Waals surface area contributed by atoms with Crippen molar-refractivity contribution in [3.8, 4) is 11.1 Å². The molecule has 2 aromatic carbocycles. The van der Waals surface area contributed by atoms with Crippen molar-refractivity contribution in [2.24, 2.45) is 5.92 Å². The number of aliphatic carboxylic acids is 1. The predicted molar refractivity (Wildman–Crippen MR) is 112 cm³/mol. The van der Waals surface area contributed by atoms with Crippen molar-refractivity contribution in [2.45, 2.75) is 24.8 Å². The molecule has 1 aliphatic carbocycles. The van der Waals surface area contributed by atoms with Crippen LogP contribution in [-0.4, -0.2) is 65.8 Å². The predicted octanol–water partition coefficient (Wildman–Crippen LogP) is 3.42. The van der Waals surface area contributed by atoms with Crippen LogP contribution in [0.3, 0.4) is 0 Å². The van der Waals surface area contributed by atoms with Crippen molar-refractivity contribution < 1.29 is 19.4 Å². The number of carbonyl (C=O) groups is 2. The van der Waals surface area contributed by atoms with Gasteiger partial charge in [0.25, 0.3) is 0 Å². The van der Waals surface area contributed by atoms with Crippen LogP contribution in [0.5, 0.6) is 0 Å². The van der Waals surface area contributed by atoms with Gasteiger partial charge >= 0.3 is 12.1 Å². The summed E-state index contributed by atoms with van der Waals surface area (Å²) < 4.78 is 5.72.